The zero-order chi connectivity index (χ0) is 11.5. The predicted octanol–water partition coefficient (Wildman–Crippen LogP) is 3.10. The number of anilines is 2. The molecule has 0 aliphatic carbocycles. The summed E-state index contributed by atoms with van der Waals surface area (Å²) in [6.45, 7) is 0.793. The van der Waals surface area contributed by atoms with Gasteiger partial charge in [-0.05, 0) is 46.9 Å². The van der Waals surface area contributed by atoms with E-state index in [2.05, 4.69) is 33.6 Å². The van der Waals surface area contributed by atoms with Gasteiger partial charge in [-0.3, -0.25) is 0 Å². The van der Waals surface area contributed by atoms with Crippen LogP contribution in [0.5, 0.6) is 0 Å². The summed E-state index contributed by atoms with van der Waals surface area (Å²) in [5.74, 6) is 0. The number of hydrogen-bond donors (Lipinski definition) is 1. The summed E-state index contributed by atoms with van der Waals surface area (Å²) in [4.78, 5) is 2.11. The SMILES string of the molecule is CN(Cc1ccoc1)c1ccc(I)cc1N. The van der Waals surface area contributed by atoms with Gasteiger partial charge in [0.1, 0.15) is 0 Å². The van der Waals surface area contributed by atoms with Crippen molar-refractivity contribution in [2.24, 2.45) is 0 Å². The van der Waals surface area contributed by atoms with Gasteiger partial charge >= 0.3 is 0 Å². The van der Waals surface area contributed by atoms with Crippen LogP contribution in [0.3, 0.4) is 0 Å². The molecule has 0 atom stereocenters. The van der Waals surface area contributed by atoms with E-state index >= 15 is 0 Å². The molecule has 0 aliphatic heterocycles. The van der Waals surface area contributed by atoms with Gasteiger partial charge in [0, 0.05) is 22.7 Å². The standard InChI is InChI=1S/C12H13IN2O/c1-15(7-9-4-5-16-8-9)12-3-2-10(13)6-11(12)14/h2-6,8H,7,14H2,1H3. The van der Waals surface area contributed by atoms with Crippen molar-refractivity contribution in [3.63, 3.8) is 0 Å². The molecular weight excluding hydrogens is 315 g/mol. The van der Waals surface area contributed by atoms with Crippen LogP contribution in [0.15, 0.2) is 41.2 Å². The van der Waals surface area contributed by atoms with Crippen LogP contribution in [-0.2, 0) is 6.54 Å². The lowest BCUT2D eigenvalue weighted by Gasteiger charge is -2.20. The Bertz CT molecular complexity index is 468. The lowest BCUT2D eigenvalue weighted by atomic mass is 10.2. The van der Waals surface area contributed by atoms with Gasteiger partial charge in [-0.15, -0.1) is 0 Å². The number of nitrogen functional groups attached to an aromatic ring is 1. The number of rotatable bonds is 3. The topological polar surface area (TPSA) is 42.4 Å². The molecule has 0 amide bonds. The summed E-state index contributed by atoms with van der Waals surface area (Å²) in [7, 11) is 2.02. The van der Waals surface area contributed by atoms with Gasteiger partial charge < -0.3 is 15.1 Å². The van der Waals surface area contributed by atoms with Crippen LogP contribution < -0.4 is 10.6 Å². The Morgan fingerprint density at radius 3 is 2.81 bits per heavy atom. The predicted molar refractivity (Wildman–Crippen MR) is 74.4 cm³/mol. The number of furan rings is 1. The Morgan fingerprint density at radius 2 is 2.19 bits per heavy atom. The fourth-order valence-corrected chi connectivity index (χ4v) is 2.13. The highest BCUT2D eigenvalue weighted by Crippen LogP contribution is 2.25. The maximum atomic E-state index is 5.98. The zero-order valence-corrected chi connectivity index (χ0v) is 11.1. The minimum Gasteiger partial charge on any atom is -0.472 e. The molecule has 0 saturated carbocycles. The van der Waals surface area contributed by atoms with Crippen LogP contribution in [0, 0.1) is 3.57 Å². The van der Waals surface area contributed by atoms with Crippen LogP contribution in [0.2, 0.25) is 0 Å². The molecule has 1 aromatic heterocycles. The van der Waals surface area contributed by atoms with Crippen LogP contribution in [-0.4, -0.2) is 7.05 Å². The summed E-state index contributed by atoms with van der Waals surface area (Å²) < 4.78 is 6.19. The van der Waals surface area contributed by atoms with Crippen molar-refractivity contribution in [2.75, 3.05) is 17.7 Å². The third kappa shape index (κ3) is 2.49. The average Bonchev–Trinajstić information content (AvgIpc) is 2.70. The number of hydrogen-bond acceptors (Lipinski definition) is 3. The molecule has 2 aromatic rings. The van der Waals surface area contributed by atoms with E-state index in [-0.39, 0.29) is 0 Å². The number of nitrogens with zero attached hydrogens (tertiary/aromatic N) is 1. The number of halogens is 1. The van der Waals surface area contributed by atoms with Crippen LogP contribution in [0.1, 0.15) is 5.56 Å². The summed E-state index contributed by atoms with van der Waals surface area (Å²) in [5, 5.41) is 0. The Balaban J connectivity index is 2.17. The fourth-order valence-electron chi connectivity index (χ4n) is 1.61. The molecule has 3 nitrogen and oxygen atoms in total. The molecule has 1 heterocycles. The Morgan fingerprint density at radius 1 is 1.38 bits per heavy atom. The fraction of sp³-hybridized carbons (Fsp3) is 0.167. The van der Waals surface area contributed by atoms with Crippen LogP contribution >= 0.6 is 22.6 Å². The first-order valence-corrected chi connectivity index (χ1v) is 6.02. The Kier molecular flexibility index (Phi) is 3.38. The minimum absolute atomic E-state index is 0.793. The second-order valence-electron chi connectivity index (χ2n) is 3.69. The summed E-state index contributed by atoms with van der Waals surface area (Å²) >= 11 is 2.25. The van der Waals surface area contributed by atoms with Gasteiger partial charge in [-0.2, -0.15) is 0 Å². The molecule has 0 radical (unpaired) electrons. The normalized spacial score (nSPS) is 10.4. The molecule has 2 rings (SSSR count). The molecule has 16 heavy (non-hydrogen) atoms. The smallest absolute Gasteiger partial charge is 0.0952 e. The highest BCUT2D eigenvalue weighted by atomic mass is 127. The van der Waals surface area contributed by atoms with Crippen molar-refractivity contribution in [1.82, 2.24) is 0 Å². The Hall–Kier alpha value is -1.17. The van der Waals surface area contributed by atoms with Gasteiger partial charge in [0.15, 0.2) is 0 Å². The van der Waals surface area contributed by atoms with Gasteiger partial charge in [0.2, 0.25) is 0 Å². The van der Waals surface area contributed by atoms with Crippen molar-refractivity contribution >= 4 is 34.0 Å². The van der Waals surface area contributed by atoms with Crippen LogP contribution in [0.4, 0.5) is 11.4 Å². The number of benzene rings is 1. The van der Waals surface area contributed by atoms with E-state index in [1.54, 1.807) is 12.5 Å². The molecule has 1 aromatic carbocycles. The van der Waals surface area contributed by atoms with Gasteiger partial charge in [-0.25, -0.2) is 0 Å². The van der Waals surface area contributed by atoms with Crippen molar-refractivity contribution in [3.8, 4) is 0 Å². The van der Waals surface area contributed by atoms with Gasteiger partial charge in [-0.1, -0.05) is 0 Å². The van der Waals surface area contributed by atoms with Crippen molar-refractivity contribution in [2.45, 2.75) is 6.54 Å². The lowest BCUT2D eigenvalue weighted by molar-refractivity contribution is 0.563. The third-order valence-electron chi connectivity index (χ3n) is 2.40. The second-order valence-corrected chi connectivity index (χ2v) is 4.94. The molecule has 0 bridgehead atoms. The Labute approximate surface area is 108 Å². The van der Waals surface area contributed by atoms with Gasteiger partial charge in [0.05, 0.1) is 23.9 Å². The van der Waals surface area contributed by atoms with E-state index in [0.29, 0.717) is 0 Å². The molecule has 0 spiro atoms. The van der Waals surface area contributed by atoms with Crippen LogP contribution in [0.25, 0.3) is 0 Å². The summed E-state index contributed by atoms with van der Waals surface area (Å²) in [6.07, 6.45) is 3.43. The van der Waals surface area contributed by atoms with E-state index < -0.39 is 0 Å². The first-order valence-electron chi connectivity index (χ1n) is 4.94. The maximum absolute atomic E-state index is 5.98. The molecule has 84 valence electrons. The van der Waals surface area contributed by atoms with E-state index in [1.807, 2.05) is 25.2 Å². The van der Waals surface area contributed by atoms with E-state index in [0.717, 1.165) is 27.1 Å². The average molecular weight is 328 g/mol. The van der Waals surface area contributed by atoms with E-state index in [1.165, 1.54) is 0 Å². The van der Waals surface area contributed by atoms with Crippen molar-refractivity contribution in [3.05, 3.63) is 45.9 Å². The quantitative estimate of drug-likeness (QED) is 0.695. The molecule has 0 saturated heterocycles. The molecular formula is C12H13IN2O. The summed E-state index contributed by atoms with van der Waals surface area (Å²) in [5.41, 5.74) is 8.97. The molecule has 0 fully saturated rings. The first kappa shape index (κ1) is 11.3. The molecule has 2 N–H and O–H groups in total. The monoisotopic (exact) mass is 328 g/mol. The number of nitrogens with two attached hydrogens (primary N) is 1. The maximum Gasteiger partial charge on any atom is 0.0952 e. The van der Waals surface area contributed by atoms with E-state index in [9.17, 15) is 0 Å². The molecule has 4 heteroatoms. The first-order chi connectivity index (χ1) is 7.66. The second kappa shape index (κ2) is 4.78. The molecule has 0 aliphatic rings. The largest absolute Gasteiger partial charge is 0.472 e. The lowest BCUT2D eigenvalue weighted by Crippen LogP contribution is -2.17. The van der Waals surface area contributed by atoms with Crippen molar-refractivity contribution < 1.29 is 4.42 Å². The zero-order valence-electron chi connectivity index (χ0n) is 8.98. The van der Waals surface area contributed by atoms with Crippen molar-refractivity contribution in [1.29, 1.82) is 0 Å². The minimum atomic E-state index is 0.793. The summed E-state index contributed by atoms with van der Waals surface area (Å²) in [6, 6.07) is 8.02. The van der Waals surface area contributed by atoms with Gasteiger partial charge in [0.25, 0.3) is 0 Å². The highest BCUT2D eigenvalue weighted by molar-refractivity contribution is 14.1. The third-order valence-corrected chi connectivity index (χ3v) is 3.07. The highest BCUT2D eigenvalue weighted by Gasteiger charge is 2.06. The molecule has 0 unspecified atom stereocenters. The van der Waals surface area contributed by atoms with E-state index in [4.69, 9.17) is 10.2 Å².